The predicted octanol–water partition coefficient (Wildman–Crippen LogP) is 21.7. The van der Waals surface area contributed by atoms with Gasteiger partial charge in [0, 0.05) is 25.7 Å². The second kappa shape index (κ2) is 67.3. The van der Waals surface area contributed by atoms with Crippen LogP contribution in [0.15, 0.2) is 0 Å². The number of hydrogen-bond donors (Lipinski definition) is 3. The second-order valence-corrected chi connectivity index (χ2v) is 29.8. The van der Waals surface area contributed by atoms with Crippen molar-refractivity contribution >= 4 is 39.5 Å². The molecule has 3 unspecified atom stereocenters. The molecule has 0 spiro atoms. The zero-order chi connectivity index (χ0) is 68.4. The molecule has 0 radical (unpaired) electrons. The van der Waals surface area contributed by atoms with Gasteiger partial charge in [-0.05, 0) is 31.6 Å². The summed E-state index contributed by atoms with van der Waals surface area (Å²) in [5.41, 5.74) is 0. The maximum absolute atomic E-state index is 13.1. The lowest BCUT2D eigenvalue weighted by Crippen LogP contribution is -2.30. The average Bonchev–Trinajstić information content (AvgIpc) is 1.93. The largest absolute Gasteiger partial charge is 0.472 e. The van der Waals surface area contributed by atoms with Crippen molar-refractivity contribution in [2.75, 3.05) is 39.6 Å². The average molecular weight is 1370 g/mol. The molecular formula is C74H144O17P2. The zero-order valence-corrected chi connectivity index (χ0v) is 62.2. The number of unbranched alkanes of at least 4 members (excludes halogenated alkanes) is 45. The van der Waals surface area contributed by atoms with E-state index in [0.717, 1.165) is 102 Å². The lowest BCUT2D eigenvalue weighted by atomic mass is 9.99. The molecule has 0 aromatic rings. The van der Waals surface area contributed by atoms with Gasteiger partial charge in [0.2, 0.25) is 0 Å². The van der Waals surface area contributed by atoms with Crippen LogP contribution in [0.5, 0.6) is 0 Å². The number of hydrogen-bond acceptors (Lipinski definition) is 15. The third kappa shape index (κ3) is 67.0. The van der Waals surface area contributed by atoms with E-state index in [1.165, 1.54) is 205 Å². The monoisotopic (exact) mass is 1370 g/mol. The minimum absolute atomic E-state index is 0.107. The van der Waals surface area contributed by atoms with Crippen molar-refractivity contribution in [2.45, 2.75) is 406 Å². The molecule has 93 heavy (non-hydrogen) atoms. The highest BCUT2D eigenvalue weighted by molar-refractivity contribution is 7.47. The van der Waals surface area contributed by atoms with E-state index < -0.39 is 97.5 Å². The molecule has 0 rings (SSSR count). The van der Waals surface area contributed by atoms with Gasteiger partial charge < -0.3 is 33.8 Å². The summed E-state index contributed by atoms with van der Waals surface area (Å²) in [6, 6.07) is 0. The Morgan fingerprint density at radius 1 is 0.301 bits per heavy atom. The predicted molar refractivity (Wildman–Crippen MR) is 377 cm³/mol. The zero-order valence-electron chi connectivity index (χ0n) is 60.4. The first-order valence-electron chi connectivity index (χ1n) is 38.7. The van der Waals surface area contributed by atoms with Crippen LogP contribution in [0, 0.1) is 5.92 Å². The Morgan fingerprint density at radius 2 is 0.516 bits per heavy atom. The maximum Gasteiger partial charge on any atom is 0.472 e. The first kappa shape index (κ1) is 91.1. The number of ether oxygens (including phenoxy) is 4. The smallest absolute Gasteiger partial charge is 0.462 e. The van der Waals surface area contributed by atoms with E-state index in [2.05, 4.69) is 34.6 Å². The lowest BCUT2D eigenvalue weighted by molar-refractivity contribution is -0.161. The fourth-order valence-corrected chi connectivity index (χ4v) is 12.9. The van der Waals surface area contributed by atoms with Gasteiger partial charge in [0.25, 0.3) is 0 Å². The van der Waals surface area contributed by atoms with E-state index in [1.54, 1.807) is 0 Å². The fourth-order valence-electron chi connectivity index (χ4n) is 11.3. The molecule has 0 saturated heterocycles. The van der Waals surface area contributed by atoms with Crippen molar-refractivity contribution in [1.82, 2.24) is 0 Å². The van der Waals surface area contributed by atoms with E-state index in [4.69, 9.17) is 37.0 Å². The van der Waals surface area contributed by atoms with Crippen molar-refractivity contribution in [1.29, 1.82) is 0 Å². The lowest BCUT2D eigenvalue weighted by Gasteiger charge is -2.21. The van der Waals surface area contributed by atoms with Gasteiger partial charge in [-0.15, -0.1) is 0 Å². The summed E-state index contributed by atoms with van der Waals surface area (Å²) < 4.78 is 68.4. The summed E-state index contributed by atoms with van der Waals surface area (Å²) in [5, 5.41) is 10.6. The molecule has 0 fully saturated rings. The number of aliphatic hydroxyl groups is 1. The van der Waals surface area contributed by atoms with E-state index in [-0.39, 0.29) is 25.7 Å². The van der Waals surface area contributed by atoms with Crippen molar-refractivity contribution in [3.05, 3.63) is 0 Å². The first-order chi connectivity index (χ1) is 45.1. The van der Waals surface area contributed by atoms with Gasteiger partial charge in [-0.3, -0.25) is 37.3 Å². The molecule has 6 atom stereocenters. The van der Waals surface area contributed by atoms with Crippen molar-refractivity contribution < 1.29 is 80.2 Å². The third-order valence-corrected chi connectivity index (χ3v) is 19.5. The van der Waals surface area contributed by atoms with E-state index in [1.807, 2.05) is 0 Å². The van der Waals surface area contributed by atoms with E-state index >= 15 is 0 Å². The molecule has 0 amide bonds. The molecule has 17 nitrogen and oxygen atoms in total. The molecule has 0 aromatic heterocycles. The molecule has 0 aliphatic heterocycles. The molecule has 0 aromatic carbocycles. The minimum Gasteiger partial charge on any atom is -0.462 e. The molecule has 552 valence electrons. The Kier molecular flexibility index (Phi) is 65.9. The van der Waals surface area contributed by atoms with Gasteiger partial charge in [-0.2, -0.15) is 0 Å². The summed E-state index contributed by atoms with van der Waals surface area (Å²) in [5.74, 6) is -1.31. The van der Waals surface area contributed by atoms with Crippen LogP contribution in [-0.2, 0) is 65.4 Å². The SMILES string of the molecule is CCCCCCCCCCCCCCCCCCCCCCC(=O)O[C@H](COC(=O)CCCCCCCCCCCCC(C)CC)COP(=O)(O)OC[C@@H](O)COP(=O)(O)OC[C@@H](COC(=O)CCCCCCCCCC)OC(=O)CCCCCCCCCCCCC. The number of carbonyl (C=O) groups excluding carboxylic acids is 4. The van der Waals surface area contributed by atoms with E-state index in [9.17, 15) is 43.2 Å². The Morgan fingerprint density at radius 3 is 0.763 bits per heavy atom. The molecule has 3 N–H and O–H groups in total. The van der Waals surface area contributed by atoms with Crippen LogP contribution in [0.1, 0.15) is 388 Å². The van der Waals surface area contributed by atoms with Crippen LogP contribution in [0.2, 0.25) is 0 Å². The number of aliphatic hydroxyl groups excluding tert-OH is 1. The van der Waals surface area contributed by atoms with Crippen LogP contribution in [0.25, 0.3) is 0 Å². The highest BCUT2D eigenvalue weighted by Crippen LogP contribution is 2.45. The highest BCUT2D eigenvalue weighted by Gasteiger charge is 2.30. The maximum atomic E-state index is 13.1. The van der Waals surface area contributed by atoms with Gasteiger partial charge in [0.1, 0.15) is 19.3 Å². The number of esters is 4. The van der Waals surface area contributed by atoms with Crippen LogP contribution >= 0.6 is 15.6 Å². The van der Waals surface area contributed by atoms with Gasteiger partial charge in [0.15, 0.2) is 12.2 Å². The number of carbonyl (C=O) groups is 4. The topological polar surface area (TPSA) is 237 Å². The van der Waals surface area contributed by atoms with Gasteiger partial charge in [0.05, 0.1) is 26.4 Å². The number of phosphoric acid groups is 2. The molecule has 0 bridgehead atoms. The first-order valence-corrected chi connectivity index (χ1v) is 41.7. The second-order valence-electron chi connectivity index (χ2n) is 26.9. The Hall–Kier alpha value is -1.94. The fraction of sp³-hybridized carbons (Fsp3) is 0.946. The van der Waals surface area contributed by atoms with Gasteiger partial charge in [-0.1, -0.05) is 336 Å². The summed E-state index contributed by atoms with van der Waals surface area (Å²) in [7, 11) is -9.90. The normalized spacial score (nSPS) is 14.3. The quantitative estimate of drug-likeness (QED) is 0.0222. The number of rotatable bonds is 74. The van der Waals surface area contributed by atoms with Crippen molar-refractivity contribution in [3.8, 4) is 0 Å². The molecule has 0 aliphatic rings. The summed E-state index contributed by atoms with van der Waals surface area (Å²) >= 11 is 0. The van der Waals surface area contributed by atoms with Crippen molar-refractivity contribution in [3.63, 3.8) is 0 Å². The van der Waals surface area contributed by atoms with Gasteiger partial charge in [-0.25, -0.2) is 9.13 Å². The summed E-state index contributed by atoms with van der Waals surface area (Å²) in [4.78, 5) is 72.6. The van der Waals surface area contributed by atoms with Crippen LogP contribution < -0.4 is 0 Å². The number of phosphoric ester groups is 2. The Bertz CT molecular complexity index is 1790. The summed E-state index contributed by atoms with van der Waals surface area (Å²) in [6.07, 6.45) is 55.5. The van der Waals surface area contributed by atoms with Crippen LogP contribution in [0.3, 0.4) is 0 Å². The molecule has 0 heterocycles. The van der Waals surface area contributed by atoms with Crippen LogP contribution in [-0.4, -0.2) is 96.7 Å². The highest BCUT2D eigenvalue weighted by atomic mass is 31.2. The van der Waals surface area contributed by atoms with Crippen LogP contribution in [0.4, 0.5) is 0 Å². The molecule has 19 heteroatoms. The summed E-state index contributed by atoms with van der Waals surface area (Å²) in [6.45, 7) is 7.27. The Balaban J connectivity index is 5.19. The van der Waals surface area contributed by atoms with Gasteiger partial charge >= 0.3 is 39.5 Å². The molecule has 0 saturated carbocycles. The molecule has 0 aliphatic carbocycles. The third-order valence-electron chi connectivity index (χ3n) is 17.6. The molecular weight excluding hydrogens is 1220 g/mol. The van der Waals surface area contributed by atoms with Crippen molar-refractivity contribution in [2.24, 2.45) is 5.92 Å². The minimum atomic E-state index is -4.95. The Labute approximate surface area is 568 Å². The van der Waals surface area contributed by atoms with E-state index in [0.29, 0.717) is 25.7 Å². The standard InChI is InChI=1S/C74H144O17P2/c1-6-10-13-16-19-22-24-25-26-27-28-29-30-31-32-34-40-45-50-55-60-74(79)91-70(64-85-72(77)58-53-48-43-38-36-35-37-41-46-51-56-67(5)9-4)66-89-93(82,83)87-62-68(75)61-86-92(80,81)88-65-69(63-84-71(76)57-52-47-42-21-18-15-12-8-3)90-73(78)59-54-49-44-39-33-23-20-17-14-11-7-2/h67-70,75H,6-66H2,1-5H3,(H,80,81)(H,82,83)/t67?,68-,69+,70+/m0/s1.